The van der Waals surface area contributed by atoms with E-state index in [0.717, 1.165) is 24.3 Å². The number of ether oxygens (including phenoxy) is 1. The molecular weight excluding hydrogens is 302 g/mol. The number of carbonyl (C=O) groups is 1. The molecule has 0 amide bonds. The van der Waals surface area contributed by atoms with E-state index in [1.807, 2.05) is 0 Å². The number of halogens is 6. The van der Waals surface area contributed by atoms with Gasteiger partial charge in [-0.15, -0.1) is 0 Å². The first kappa shape index (κ1) is 17.1. The highest BCUT2D eigenvalue weighted by Gasteiger charge is 2.50. The third-order valence-electron chi connectivity index (χ3n) is 2.34. The zero-order valence-electron chi connectivity index (χ0n) is 10.7. The van der Waals surface area contributed by atoms with Crippen molar-refractivity contribution in [3.63, 3.8) is 0 Å². The predicted octanol–water partition coefficient (Wildman–Crippen LogP) is 4.37. The first-order valence-corrected chi connectivity index (χ1v) is 5.69. The summed E-state index contributed by atoms with van der Waals surface area (Å²) in [6, 6.07) is 4.13. The lowest BCUT2D eigenvalue weighted by Crippen LogP contribution is -2.25. The van der Waals surface area contributed by atoms with Gasteiger partial charge in [0.15, 0.2) is 0 Å². The van der Waals surface area contributed by atoms with Crippen molar-refractivity contribution in [1.29, 1.82) is 0 Å². The molecule has 0 fully saturated rings. The molecule has 0 bridgehead atoms. The van der Waals surface area contributed by atoms with Gasteiger partial charge in [-0.1, -0.05) is 12.1 Å². The van der Waals surface area contributed by atoms with Crippen LogP contribution in [0.25, 0.3) is 6.08 Å². The lowest BCUT2D eigenvalue weighted by Gasteiger charge is -2.14. The Bertz CT molecular complexity index is 509. The maximum atomic E-state index is 12.3. The highest BCUT2D eigenvalue weighted by Crippen LogP contribution is 2.39. The molecule has 1 aromatic rings. The molecule has 0 heterocycles. The van der Waals surface area contributed by atoms with Crippen molar-refractivity contribution in [2.75, 3.05) is 6.61 Å². The summed E-state index contributed by atoms with van der Waals surface area (Å²) in [6.45, 7) is 1.67. The van der Waals surface area contributed by atoms with Crippen LogP contribution >= 0.6 is 0 Å². The fourth-order valence-corrected chi connectivity index (χ4v) is 1.42. The second kappa shape index (κ2) is 6.19. The topological polar surface area (TPSA) is 26.3 Å². The van der Waals surface area contributed by atoms with Crippen LogP contribution in [0, 0.1) is 0 Å². The Kier molecular flexibility index (Phi) is 5.03. The van der Waals surface area contributed by atoms with Crippen LogP contribution in [0.5, 0.6) is 0 Å². The van der Waals surface area contributed by atoms with Gasteiger partial charge in [0.2, 0.25) is 0 Å². The van der Waals surface area contributed by atoms with E-state index >= 15 is 0 Å². The number of allylic oxidation sites excluding steroid dienone is 1. The van der Waals surface area contributed by atoms with Crippen LogP contribution in [0.4, 0.5) is 26.3 Å². The quantitative estimate of drug-likeness (QED) is 0.612. The van der Waals surface area contributed by atoms with Crippen molar-refractivity contribution in [1.82, 2.24) is 0 Å². The number of rotatable bonds is 3. The molecule has 0 unspecified atom stereocenters. The van der Waals surface area contributed by atoms with E-state index in [-0.39, 0.29) is 23.8 Å². The summed E-state index contributed by atoms with van der Waals surface area (Å²) in [5, 5.41) is 0. The number of esters is 1. The average Bonchev–Trinajstić information content (AvgIpc) is 2.34. The molecule has 0 aromatic heterocycles. The molecule has 0 aliphatic carbocycles. The number of hydrogen-bond acceptors (Lipinski definition) is 2. The SMILES string of the molecule is CCOC(=O)c1ccc(C=C(C(F)(F)F)C(F)(F)F)cc1. The summed E-state index contributed by atoms with van der Waals surface area (Å²) in [4.78, 5) is 11.3. The summed E-state index contributed by atoms with van der Waals surface area (Å²) < 4.78 is 78.7. The maximum Gasteiger partial charge on any atom is 0.421 e. The first-order valence-electron chi connectivity index (χ1n) is 5.69. The Balaban J connectivity index is 3.11. The van der Waals surface area contributed by atoms with Crippen molar-refractivity contribution < 1.29 is 35.9 Å². The molecule has 0 spiro atoms. The van der Waals surface area contributed by atoms with Crippen LogP contribution in [0.3, 0.4) is 0 Å². The van der Waals surface area contributed by atoms with Crippen LogP contribution in [0.15, 0.2) is 29.8 Å². The van der Waals surface area contributed by atoms with Crippen molar-refractivity contribution in [2.24, 2.45) is 0 Å². The lowest BCUT2D eigenvalue weighted by molar-refractivity contribution is -0.170. The molecule has 0 radical (unpaired) electrons. The molecule has 0 saturated heterocycles. The summed E-state index contributed by atoms with van der Waals surface area (Å²) in [5.41, 5.74) is -2.90. The third kappa shape index (κ3) is 4.80. The Morgan fingerprint density at radius 3 is 1.90 bits per heavy atom. The highest BCUT2D eigenvalue weighted by atomic mass is 19.4. The van der Waals surface area contributed by atoms with Crippen LogP contribution < -0.4 is 0 Å². The molecule has 116 valence electrons. The lowest BCUT2D eigenvalue weighted by atomic mass is 10.1. The summed E-state index contributed by atoms with van der Waals surface area (Å²) in [6.07, 6.45) is -11.1. The van der Waals surface area contributed by atoms with Crippen molar-refractivity contribution in [2.45, 2.75) is 19.3 Å². The van der Waals surface area contributed by atoms with E-state index in [0.29, 0.717) is 0 Å². The van der Waals surface area contributed by atoms with Gasteiger partial charge < -0.3 is 4.74 Å². The van der Waals surface area contributed by atoms with E-state index in [1.54, 1.807) is 6.92 Å². The third-order valence-corrected chi connectivity index (χ3v) is 2.34. The van der Waals surface area contributed by atoms with Crippen LogP contribution in [-0.2, 0) is 4.74 Å². The Hall–Kier alpha value is -1.99. The molecule has 0 aliphatic rings. The molecule has 2 nitrogen and oxygen atoms in total. The van der Waals surface area contributed by atoms with Gasteiger partial charge in [0.05, 0.1) is 12.2 Å². The molecule has 1 rings (SSSR count). The molecule has 0 atom stereocenters. The van der Waals surface area contributed by atoms with E-state index < -0.39 is 23.9 Å². The molecule has 8 heteroatoms. The predicted molar refractivity (Wildman–Crippen MR) is 62.5 cm³/mol. The molecule has 21 heavy (non-hydrogen) atoms. The smallest absolute Gasteiger partial charge is 0.421 e. The van der Waals surface area contributed by atoms with Crippen molar-refractivity contribution in [3.05, 3.63) is 41.0 Å². The fraction of sp³-hybridized carbons (Fsp3) is 0.308. The Labute approximate surface area is 116 Å². The van der Waals surface area contributed by atoms with E-state index in [9.17, 15) is 31.1 Å². The van der Waals surface area contributed by atoms with Gasteiger partial charge in [-0.05, 0) is 30.7 Å². The van der Waals surface area contributed by atoms with E-state index in [4.69, 9.17) is 0 Å². The van der Waals surface area contributed by atoms with Gasteiger partial charge in [0.25, 0.3) is 0 Å². The summed E-state index contributed by atoms with van der Waals surface area (Å²) in [7, 11) is 0. The van der Waals surface area contributed by atoms with Gasteiger partial charge in [-0.3, -0.25) is 0 Å². The number of hydrogen-bond donors (Lipinski definition) is 0. The highest BCUT2D eigenvalue weighted by molar-refractivity contribution is 5.89. The fourth-order valence-electron chi connectivity index (χ4n) is 1.42. The molecule has 0 aliphatic heterocycles. The second-order valence-electron chi connectivity index (χ2n) is 3.90. The number of alkyl halides is 6. The first-order chi connectivity index (χ1) is 9.55. The van der Waals surface area contributed by atoms with Crippen molar-refractivity contribution >= 4 is 12.0 Å². The van der Waals surface area contributed by atoms with Crippen LogP contribution in [-0.4, -0.2) is 24.9 Å². The molecule has 1 aromatic carbocycles. The Morgan fingerprint density at radius 2 is 1.52 bits per heavy atom. The number of carbonyl (C=O) groups excluding carboxylic acids is 1. The minimum absolute atomic E-state index is 0.0189. The van der Waals surface area contributed by atoms with E-state index in [1.165, 1.54) is 0 Å². The van der Waals surface area contributed by atoms with Crippen molar-refractivity contribution in [3.8, 4) is 0 Å². The van der Waals surface area contributed by atoms with Crippen LogP contribution in [0.2, 0.25) is 0 Å². The minimum Gasteiger partial charge on any atom is -0.462 e. The zero-order chi connectivity index (χ0) is 16.3. The normalized spacial score (nSPS) is 12.0. The van der Waals surface area contributed by atoms with Gasteiger partial charge in [0.1, 0.15) is 5.57 Å². The van der Waals surface area contributed by atoms with E-state index in [2.05, 4.69) is 4.74 Å². The minimum atomic E-state index is -5.52. The molecule has 0 N–H and O–H groups in total. The second-order valence-corrected chi connectivity index (χ2v) is 3.90. The van der Waals surface area contributed by atoms with Crippen LogP contribution in [0.1, 0.15) is 22.8 Å². The summed E-state index contributed by atoms with van der Waals surface area (Å²) >= 11 is 0. The van der Waals surface area contributed by atoms with Gasteiger partial charge in [-0.25, -0.2) is 4.79 Å². The maximum absolute atomic E-state index is 12.3. The summed E-state index contributed by atoms with van der Waals surface area (Å²) in [5.74, 6) is -0.708. The van der Waals surface area contributed by atoms with Gasteiger partial charge >= 0.3 is 18.3 Å². The largest absolute Gasteiger partial charge is 0.462 e. The molecular formula is C13H10F6O2. The molecule has 0 saturated carbocycles. The standard InChI is InChI=1S/C13H10F6O2/c1-2-21-11(20)9-5-3-8(4-6-9)7-10(12(14,15)16)13(17,18)19/h3-7H,2H2,1H3. The average molecular weight is 312 g/mol. The number of benzene rings is 1. The monoisotopic (exact) mass is 312 g/mol. The van der Waals surface area contributed by atoms with Gasteiger partial charge in [0, 0.05) is 0 Å². The Morgan fingerprint density at radius 1 is 1.05 bits per heavy atom. The zero-order valence-corrected chi connectivity index (χ0v) is 10.7. The van der Waals surface area contributed by atoms with Gasteiger partial charge in [-0.2, -0.15) is 26.3 Å².